The second-order valence-corrected chi connectivity index (χ2v) is 4.57. The maximum absolute atomic E-state index is 11.8. The lowest BCUT2D eigenvalue weighted by Gasteiger charge is -2.22. The van der Waals surface area contributed by atoms with Crippen molar-refractivity contribution in [2.24, 2.45) is 0 Å². The summed E-state index contributed by atoms with van der Waals surface area (Å²) >= 11 is 0. The first-order chi connectivity index (χ1) is 7.75. The number of fused-ring (bicyclic) bond motifs is 2. The molecule has 0 saturated heterocycles. The summed E-state index contributed by atoms with van der Waals surface area (Å²) in [6.07, 6.45) is 6.96. The highest BCUT2D eigenvalue weighted by Crippen LogP contribution is 2.28. The van der Waals surface area contributed by atoms with Crippen LogP contribution in [0.15, 0.2) is 18.2 Å². The normalized spacial score (nSPS) is 22.8. The largest absolute Gasteiger partial charge is 0.385 e. The first-order valence-electron chi connectivity index (χ1n) is 5.80. The number of allylic oxidation sites excluding steroid dienone is 1. The molecule has 3 rings (SSSR count). The van der Waals surface area contributed by atoms with E-state index in [1.165, 1.54) is 5.56 Å². The quantitative estimate of drug-likeness (QED) is 0.718. The molecule has 0 fully saturated rings. The molecule has 0 bridgehead atoms. The number of hydrogen-bond acceptors (Lipinski definition) is 2. The van der Waals surface area contributed by atoms with Crippen molar-refractivity contribution in [3.63, 3.8) is 0 Å². The fraction of sp³-hybridized carbons (Fsp3) is 0.357. The van der Waals surface area contributed by atoms with Crippen molar-refractivity contribution in [3.8, 4) is 0 Å². The van der Waals surface area contributed by atoms with Gasteiger partial charge in [-0.2, -0.15) is 0 Å². The lowest BCUT2D eigenvalue weighted by molar-refractivity contribution is 0.0712. The molecule has 82 valence electrons. The molecular formula is C14H14O2. The Bertz CT molecular complexity index is 486. The van der Waals surface area contributed by atoms with E-state index in [1.54, 1.807) is 0 Å². The Morgan fingerprint density at radius 1 is 1.19 bits per heavy atom. The first-order valence-corrected chi connectivity index (χ1v) is 5.80. The average Bonchev–Trinajstić information content (AvgIpc) is 2.32. The van der Waals surface area contributed by atoms with Gasteiger partial charge in [0.1, 0.15) is 6.10 Å². The number of carbonyl (C=O) groups is 1. The highest BCUT2D eigenvalue weighted by atomic mass is 16.3. The summed E-state index contributed by atoms with van der Waals surface area (Å²) in [5.74, 6) is -0.108. The van der Waals surface area contributed by atoms with E-state index in [9.17, 15) is 9.90 Å². The van der Waals surface area contributed by atoms with Gasteiger partial charge in [0, 0.05) is 5.56 Å². The van der Waals surface area contributed by atoms with E-state index >= 15 is 0 Å². The van der Waals surface area contributed by atoms with Crippen LogP contribution in [0.4, 0.5) is 0 Å². The molecule has 2 aliphatic rings. The molecule has 1 unspecified atom stereocenters. The number of aryl methyl sites for hydroxylation is 2. The molecule has 0 aliphatic heterocycles. The summed E-state index contributed by atoms with van der Waals surface area (Å²) in [4.78, 5) is 11.8. The van der Waals surface area contributed by atoms with Crippen molar-refractivity contribution in [3.05, 3.63) is 40.5 Å². The Hall–Kier alpha value is -1.41. The van der Waals surface area contributed by atoms with Crippen molar-refractivity contribution in [2.75, 3.05) is 0 Å². The summed E-state index contributed by atoms with van der Waals surface area (Å²) in [6, 6.07) is 4.10. The summed E-state index contributed by atoms with van der Waals surface area (Å²) in [5, 5.41) is 9.56. The van der Waals surface area contributed by atoms with E-state index in [0.29, 0.717) is 6.42 Å². The molecule has 0 saturated carbocycles. The molecule has 2 aliphatic carbocycles. The third-order valence-electron chi connectivity index (χ3n) is 3.50. The van der Waals surface area contributed by atoms with Gasteiger partial charge in [-0.1, -0.05) is 18.2 Å². The third kappa shape index (κ3) is 1.41. The minimum atomic E-state index is -0.793. The van der Waals surface area contributed by atoms with E-state index < -0.39 is 6.10 Å². The van der Waals surface area contributed by atoms with Gasteiger partial charge in [0.05, 0.1) is 0 Å². The summed E-state index contributed by atoms with van der Waals surface area (Å²) in [6.45, 7) is 0. The number of carbonyl (C=O) groups excluding carboxylic acids is 1. The Morgan fingerprint density at radius 3 is 2.94 bits per heavy atom. The number of hydrogen-bond donors (Lipinski definition) is 1. The average molecular weight is 214 g/mol. The van der Waals surface area contributed by atoms with Crippen LogP contribution in [0, 0.1) is 0 Å². The van der Waals surface area contributed by atoms with Crippen LogP contribution >= 0.6 is 0 Å². The second-order valence-electron chi connectivity index (χ2n) is 4.57. The van der Waals surface area contributed by atoms with Gasteiger partial charge < -0.3 is 5.11 Å². The predicted octanol–water partition coefficient (Wildman–Crippen LogP) is 2.14. The molecule has 1 aromatic carbocycles. The molecule has 0 aromatic heterocycles. The van der Waals surface area contributed by atoms with Gasteiger partial charge in [0.15, 0.2) is 5.78 Å². The van der Waals surface area contributed by atoms with Crippen LogP contribution in [0.5, 0.6) is 0 Å². The number of Topliss-reactive ketones (excluding diaryl/α,β-unsaturated/α-hetero) is 1. The van der Waals surface area contributed by atoms with Crippen molar-refractivity contribution >= 4 is 11.9 Å². The predicted molar refractivity (Wildman–Crippen MR) is 62.5 cm³/mol. The lowest BCUT2D eigenvalue weighted by atomic mass is 9.84. The Balaban J connectivity index is 2.15. The van der Waals surface area contributed by atoms with E-state index in [2.05, 4.69) is 18.2 Å². The number of rotatable bonds is 0. The van der Waals surface area contributed by atoms with Crippen LogP contribution in [0.25, 0.3) is 6.08 Å². The molecule has 0 radical (unpaired) electrons. The Kier molecular flexibility index (Phi) is 2.18. The van der Waals surface area contributed by atoms with Gasteiger partial charge in [-0.3, -0.25) is 4.79 Å². The highest BCUT2D eigenvalue weighted by Gasteiger charge is 2.26. The zero-order valence-corrected chi connectivity index (χ0v) is 9.07. The van der Waals surface area contributed by atoms with Crippen molar-refractivity contribution in [1.82, 2.24) is 0 Å². The van der Waals surface area contributed by atoms with E-state index in [0.717, 1.165) is 36.0 Å². The maximum Gasteiger partial charge on any atom is 0.191 e. The molecule has 2 nitrogen and oxygen atoms in total. The van der Waals surface area contributed by atoms with Gasteiger partial charge in [0.25, 0.3) is 0 Å². The first kappa shape index (κ1) is 9.79. The highest BCUT2D eigenvalue weighted by molar-refractivity contribution is 6.02. The molecule has 1 atom stereocenters. The van der Waals surface area contributed by atoms with Gasteiger partial charge in [-0.15, -0.1) is 0 Å². The zero-order valence-electron chi connectivity index (χ0n) is 9.07. The SMILES string of the molecule is O=C1c2cc3c(cc2CCC1O)CCC=C3. The second kappa shape index (κ2) is 3.56. The number of aliphatic hydroxyl groups excluding tert-OH is 1. The fourth-order valence-electron chi connectivity index (χ4n) is 2.57. The van der Waals surface area contributed by atoms with Crippen LogP contribution in [-0.4, -0.2) is 17.0 Å². The summed E-state index contributed by atoms with van der Waals surface area (Å²) < 4.78 is 0. The van der Waals surface area contributed by atoms with Gasteiger partial charge in [-0.25, -0.2) is 0 Å². The number of ketones is 1. The zero-order chi connectivity index (χ0) is 11.1. The Morgan fingerprint density at radius 2 is 2.06 bits per heavy atom. The molecule has 1 aromatic rings. The molecule has 0 heterocycles. The van der Waals surface area contributed by atoms with Crippen molar-refractivity contribution in [1.29, 1.82) is 0 Å². The summed E-state index contributed by atoms with van der Waals surface area (Å²) in [5.41, 5.74) is 4.33. The lowest BCUT2D eigenvalue weighted by Crippen LogP contribution is -2.27. The van der Waals surface area contributed by atoms with E-state index in [1.807, 2.05) is 6.07 Å². The smallest absolute Gasteiger partial charge is 0.191 e. The Labute approximate surface area is 94.6 Å². The molecule has 16 heavy (non-hydrogen) atoms. The molecule has 0 spiro atoms. The molecular weight excluding hydrogens is 200 g/mol. The maximum atomic E-state index is 11.8. The van der Waals surface area contributed by atoms with E-state index in [4.69, 9.17) is 0 Å². The third-order valence-corrected chi connectivity index (χ3v) is 3.50. The van der Waals surface area contributed by atoms with Crippen LogP contribution in [-0.2, 0) is 12.8 Å². The number of aliphatic hydroxyl groups is 1. The topological polar surface area (TPSA) is 37.3 Å². The standard InChI is InChI=1S/C14H14O2/c15-13-6-5-11-7-9-3-1-2-4-10(9)8-12(11)14(13)16/h2,4,7-8,13,15H,1,3,5-6H2. The van der Waals surface area contributed by atoms with E-state index in [-0.39, 0.29) is 5.78 Å². The van der Waals surface area contributed by atoms with Gasteiger partial charge >= 0.3 is 0 Å². The van der Waals surface area contributed by atoms with Crippen LogP contribution < -0.4 is 0 Å². The van der Waals surface area contributed by atoms with Gasteiger partial charge in [0.2, 0.25) is 0 Å². The van der Waals surface area contributed by atoms with Crippen molar-refractivity contribution in [2.45, 2.75) is 31.8 Å². The molecule has 2 heteroatoms. The summed E-state index contributed by atoms with van der Waals surface area (Å²) in [7, 11) is 0. The fourth-order valence-corrected chi connectivity index (χ4v) is 2.57. The molecule has 1 N–H and O–H groups in total. The monoisotopic (exact) mass is 214 g/mol. The number of benzene rings is 1. The van der Waals surface area contributed by atoms with Crippen LogP contribution in [0.1, 0.15) is 39.9 Å². The van der Waals surface area contributed by atoms with Crippen molar-refractivity contribution < 1.29 is 9.90 Å². The molecule has 0 amide bonds. The minimum Gasteiger partial charge on any atom is -0.385 e. The minimum absolute atomic E-state index is 0.108. The van der Waals surface area contributed by atoms with Crippen LogP contribution in [0.3, 0.4) is 0 Å². The van der Waals surface area contributed by atoms with Gasteiger partial charge in [-0.05, 0) is 48.4 Å². The van der Waals surface area contributed by atoms with Crippen LogP contribution in [0.2, 0.25) is 0 Å².